The molecule has 1 rings (SSSR count). The van der Waals surface area contributed by atoms with Crippen LogP contribution < -0.4 is 5.32 Å². The fraction of sp³-hybridized carbons (Fsp3) is 0.556. The van der Waals surface area contributed by atoms with Crippen molar-refractivity contribution in [2.45, 2.75) is 58.1 Å². The molecule has 1 amide bonds. The number of ether oxygens (including phenoxy) is 2. The molecular weight excluding hydrogens is 332 g/mol. The number of benzene rings is 1. The summed E-state index contributed by atoms with van der Waals surface area (Å²) in [7, 11) is 0. The van der Waals surface area contributed by atoms with E-state index in [9.17, 15) is 18.4 Å². The van der Waals surface area contributed by atoms with Crippen molar-refractivity contribution in [1.29, 1.82) is 0 Å². The first-order valence-corrected chi connectivity index (χ1v) is 8.14. The zero-order chi connectivity index (χ0) is 19.1. The van der Waals surface area contributed by atoms with E-state index in [1.54, 1.807) is 45.0 Å². The van der Waals surface area contributed by atoms with Crippen LogP contribution in [0.25, 0.3) is 0 Å². The van der Waals surface area contributed by atoms with Crippen molar-refractivity contribution in [2.75, 3.05) is 6.61 Å². The summed E-state index contributed by atoms with van der Waals surface area (Å²) in [5.74, 6) is -5.52. The van der Waals surface area contributed by atoms with E-state index in [4.69, 9.17) is 4.74 Å². The van der Waals surface area contributed by atoms with Crippen LogP contribution in [0.3, 0.4) is 0 Å². The highest BCUT2D eigenvalue weighted by Crippen LogP contribution is 2.25. The minimum absolute atomic E-state index is 0.144. The Hall–Kier alpha value is -2.18. The second-order valence-corrected chi connectivity index (χ2v) is 6.57. The Balaban J connectivity index is 2.88. The summed E-state index contributed by atoms with van der Waals surface area (Å²) in [4.78, 5) is 23.5. The quantitative estimate of drug-likeness (QED) is 0.756. The van der Waals surface area contributed by atoms with E-state index in [0.29, 0.717) is 0 Å². The summed E-state index contributed by atoms with van der Waals surface area (Å²) >= 11 is 0. The van der Waals surface area contributed by atoms with Gasteiger partial charge in [-0.25, -0.2) is 9.59 Å². The summed E-state index contributed by atoms with van der Waals surface area (Å²) in [5.41, 5.74) is -0.0223. The van der Waals surface area contributed by atoms with E-state index >= 15 is 0 Å². The Morgan fingerprint density at radius 3 is 2.28 bits per heavy atom. The standard InChI is InChI=1S/C18H25F2NO4/c1-5-24-15(22)18(19,20)14(21-16(23)25-17(2,3)4)12-11-13-9-7-6-8-10-13/h6-10,14H,5,11-12H2,1-4H3,(H,21,23)/t14-/m0/s1. The molecule has 1 N–H and O–H groups in total. The number of alkyl halides is 2. The summed E-state index contributed by atoms with van der Waals surface area (Å²) in [6.07, 6.45) is -0.889. The van der Waals surface area contributed by atoms with Gasteiger partial charge in [0.2, 0.25) is 0 Å². The molecule has 0 aliphatic carbocycles. The number of carbonyl (C=O) groups is 2. The van der Waals surface area contributed by atoms with Gasteiger partial charge in [-0.3, -0.25) is 0 Å². The van der Waals surface area contributed by atoms with Crippen LogP contribution in [0.1, 0.15) is 39.7 Å². The Morgan fingerprint density at radius 2 is 1.76 bits per heavy atom. The average molecular weight is 357 g/mol. The Labute approximate surface area is 146 Å². The maximum atomic E-state index is 14.4. The number of rotatable bonds is 7. The SMILES string of the molecule is CCOC(=O)C(F)(F)[C@H](CCc1ccccc1)NC(=O)OC(C)(C)C. The maximum Gasteiger partial charge on any atom is 0.408 e. The van der Waals surface area contributed by atoms with E-state index in [2.05, 4.69) is 10.1 Å². The highest BCUT2D eigenvalue weighted by atomic mass is 19.3. The number of carbonyl (C=O) groups excluding carboxylic acids is 2. The summed E-state index contributed by atoms with van der Waals surface area (Å²) in [5, 5.41) is 2.11. The topological polar surface area (TPSA) is 64.6 Å². The van der Waals surface area contributed by atoms with Crippen LogP contribution in [-0.2, 0) is 20.7 Å². The fourth-order valence-electron chi connectivity index (χ4n) is 2.12. The number of halogens is 2. The van der Waals surface area contributed by atoms with E-state index in [-0.39, 0.29) is 19.4 Å². The molecule has 0 radical (unpaired) electrons. The Morgan fingerprint density at radius 1 is 1.16 bits per heavy atom. The number of hydrogen-bond donors (Lipinski definition) is 1. The summed E-state index contributed by atoms with van der Waals surface area (Å²) in [6.45, 7) is 6.12. The highest BCUT2D eigenvalue weighted by molar-refractivity contribution is 5.80. The van der Waals surface area contributed by atoms with Gasteiger partial charge in [-0.15, -0.1) is 0 Å². The third kappa shape index (κ3) is 7.07. The van der Waals surface area contributed by atoms with E-state index in [0.717, 1.165) is 5.56 Å². The van der Waals surface area contributed by atoms with Crippen LogP contribution in [0.5, 0.6) is 0 Å². The molecule has 25 heavy (non-hydrogen) atoms. The molecule has 0 aliphatic heterocycles. The molecule has 0 saturated heterocycles. The molecular formula is C18H25F2NO4. The first kappa shape index (κ1) is 20.9. The molecule has 1 aromatic rings. The van der Waals surface area contributed by atoms with Gasteiger partial charge in [0.15, 0.2) is 0 Å². The van der Waals surface area contributed by atoms with E-state index in [1.807, 2.05) is 6.07 Å². The number of esters is 1. The third-order valence-corrected chi connectivity index (χ3v) is 3.24. The number of nitrogens with one attached hydrogen (secondary N) is 1. The summed E-state index contributed by atoms with van der Waals surface area (Å²) < 4.78 is 38.3. The molecule has 0 aliphatic rings. The lowest BCUT2D eigenvalue weighted by molar-refractivity contribution is -0.176. The second-order valence-electron chi connectivity index (χ2n) is 6.57. The molecule has 0 spiro atoms. The smallest absolute Gasteiger partial charge is 0.408 e. The zero-order valence-electron chi connectivity index (χ0n) is 15.0. The lowest BCUT2D eigenvalue weighted by atomic mass is 10.0. The van der Waals surface area contributed by atoms with Crippen molar-refractivity contribution in [3.8, 4) is 0 Å². The van der Waals surface area contributed by atoms with Crippen LogP contribution >= 0.6 is 0 Å². The Kier molecular flexibility index (Phi) is 7.33. The van der Waals surface area contributed by atoms with Crippen LogP contribution in [0, 0.1) is 0 Å². The average Bonchev–Trinajstić information content (AvgIpc) is 2.50. The highest BCUT2D eigenvalue weighted by Gasteiger charge is 2.49. The van der Waals surface area contributed by atoms with Crippen LogP contribution in [0.2, 0.25) is 0 Å². The number of alkyl carbamates (subject to hydrolysis) is 1. The van der Waals surface area contributed by atoms with Gasteiger partial charge in [-0.05, 0) is 46.1 Å². The molecule has 0 aromatic heterocycles. The molecule has 5 nitrogen and oxygen atoms in total. The van der Waals surface area contributed by atoms with Crippen molar-refractivity contribution in [3.63, 3.8) is 0 Å². The normalized spacial score (nSPS) is 13.0. The number of hydrogen-bond acceptors (Lipinski definition) is 4. The van der Waals surface area contributed by atoms with Crippen molar-refractivity contribution in [1.82, 2.24) is 5.32 Å². The predicted molar refractivity (Wildman–Crippen MR) is 89.5 cm³/mol. The van der Waals surface area contributed by atoms with Gasteiger partial charge in [-0.2, -0.15) is 8.78 Å². The van der Waals surface area contributed by atoms with Gasteiger partial charge in [-0.1, -0.05) is 30.3 Å². The lowest BCUT2D eigenvalue weighted by Crippen LogP contribution is -2.53. The van der Waals surface area contributed by atoms with Crippen LogP contribution in [0.15, 0.2) is 30.3 Å². The zero-order valence-corrected chi connectivity index (χ0v) is 15.0. The van der Waals surface area contributed by atoms with Gasteiger partial charge in [0.05, 0.1) is 6.61 Å². The van der Waals surface area contributed by atoms with Crippen molar-refractivity contribution >= 4 is 12.1 Å². The molecule has 0 heterocycles. The number of aryl methyl sites for hydroxylation is 1. The molecule has 0 bridgehead atoms. The predicted octanol–water partition coefficient (Wildman–Crippen LogP) is 3.71. The minimum Gasteiger partial charge on any atom is -0.461 e. The lowest BCUT2D eigenvalue weighted by Gasteiger charge is -2.28. The van der Waals surface area contributed by atoms with Crippen LogP contribution in [0.4, 0.5) is 13.6 Å². The molecule has 140 valence electrons. The van der Waals surface area contributed by atoms with Crippen molar-refractivity contribution < 1.29 is 27.8 Å². The number of amides is 1. The second kappa shape index (κ2) is 8.78. The minimum atomic E-state index is -3.86. The van der Waals surface area contributed by atoms with E-state index in [1.165, 1.54) is 6.92 Å². The van der Waals surface area contributed by atoms with Crippen LogP contribution in [-0.4, -0.2) is 36.2 Å². The van der Waals surface area contributed by atoms with Gasteiger partial charge in [0.25, 0.3) is 0 Å². The fourth-order valence-corrected chi connectivity index (χ4v) is 2.12. The first-order chi connectivity index (χ1) is 11.6. The van der Waals surface area contributed by atoms with E-state index < -0.39 is 29.6 Å². The third-order valence-electron chi connectivity index (χ3n) is 3.24. The molecule has 0 fully saturated rings. The molecule has 1 atom stereocenters. The molecule has 0 saturated carbocycles. The molecule has 0 unspecified atom stereocenters. The van der Waals surface area contributed by atoms with Crippen molar-refractivity contribution in [2.24, 2.45) is 0 Å². The maximum absolute atomic E-state index is 14.4. The first-order valence-electron chi connectivity index (χ1n) is 8.14. The molecule has 7 heteroatoms. The van der Waals surface area contributed by atoms with Gasteiger partial charge >= 0.3 is 18.0 Å². The monoisotopic (exact) mass is 357 g/mol. The molecule has 1 aromatic carbocycles. The largest absolute Gasteiger partial charge is 0.461 e. The van der Waals surface area contributed by atoms with Gasteiger partial charge in [0, 0.05) is 0 Å². The van der Waals surface area contributed by atoms with Gasteiger partial charge < -0.3 is 14.8 Å². The summed E-state index contributed by atoms with van der Waals surface area (Å²) in [6, 6.07) is 7.22. The van der Waals surface area contributed by atoms with Crippen molar-refractivity contribution in [3.05, 3.63) is 35.9 Å². The Bertz CT molecular complexity index is 570. The van der Waals surface area contributed by atoms with Gasteiger partial charge in [0.1, 0.15) is 11.6 Å².